The highest BCUT2D eigenvalue weighted by atomic mass is 32.2. The van der Waals surface area contributed by atoms with Crippen molar-refractivity contribution in [1.82, 2.24) is 10.2 Å². The Bertz CT molecular complexity index is 1090. The van der Waals surface area contributed by atoms with E-state index in [9.17, 15) is 19.7 Å². The summed E-state index contributed by atoms with van der Waals surface area (Å²) in [4.78, 5) is 38.3. The predicted octanol–water partition coefficient (Wildman–Crippen LogP) is 4.21. The fourth-order valence-electron chi connectivity index (χ4n) is 3.55. The third-order valence-electron chi connectivity index (χ3n) is 5.35. The van der Waals surface area contributed by atoms with E-state index in [4.69, 9.17) is 0 Å². The molecule has 3 aromatic carbocycles. The minimum Gasteiger partial charge on any atom is -0.357 e. The van der Waals surface area contributed by atoms with Gasteiger partial charge in [-0.15, -0.1) is 11.8 Å². The molecule has 2 amide bonds. The lowest BCUT2D eigenvalue weighted by molar-refractivity contribution is -0.384. The summed E-state index contributed by atoms with van der Waals surface area (Å²) in [6.07, 6.45) is 0.409. The molecule has 0 spiro atoms. The van der Waals surface area contributed by atoms with Gasteiger partial charge in [0, 0.05) is 37.9 Å². The van der Waals surface area contributed by atoms with Crippen molar-refractivity contribution in [3.8, 4) is 0 Å². The van der Waals surface area contributed by atoms with E-state index in [-0.39, 0.29) is 23.3 Å². The smallest absolute Gasteiger partial charge is 0.269 e. The van der Waals surface area contributed by atoms with Gasteiger partial charge in [-0.25, -0.2) is 0 Å². The second-order valence-electron chi connectivity index (χ2n) is 7.74. The highest BCUT2D eigenvalue weighted by Crippen LogP contribution is 2.20. The van der Waals surface area contributed by atoms with Crippen LogP contribution in [0.5, 0.6) is 0 Å². The predicted molar refractivity (Wildman–Crippen MR) is 134 cm³/mol. The van der Waals surface area contributed by atoms with Crippen LogP contribution in [0.1, 0.15) is 16.7 Å². The van der Waals surface area contributed by atoms with Crippen LogP contribution in [0.4, 0.5) is 5.69 Å². The Morgan fingerprint density at radius 2 is 1.50 bits per heavy atom. The molecule has 0 saturated heterocycles. The molecule has 8 heteroatoms. The number of benzene rings is 3. The zero-order chi connectivity index (χ0) is 24.3. The first kappa shape index (κ1) is 25.0. The molecule has 0 bridgehead atoms. The van der Waals surface area contributed by atoms with Crippen LogP contribution >= 0.6 is 11.8 Å². The first-order valence-corrected chi connectivity index (χ1v) is 12.0. The molecule has 3 aromatic rings. The molecule has 0 radical (unpaired) electrons. The molecular weight excluding hydrogens is 450 g/mol. The van der Waals surface area contributed by atoms with Gasteiger partial charge in [0.15, 0.2) is 0 Å². The molecule has 7 nitrogen and oxygen atoms in total. The quantitative estimate of drug-likeness (QED) is 0.330. The minimum atomic E-state index is -0.653. The Morgan fingerprint density at radius 3 is 2.06 bits per heavy atom. The summed E-state index contributed by atoms with van der Waals surface area (Å²) in [5.41, 5.74) is 2.84. The standard InChI is InChI=1S/C26H27N3O4S/c1-27-26(31)24(16-20-8-4-2-5-9-20)28(17-21-10-6-3-7-11-21)25(30)19-34-18-22-12-14-23(15-13-22)29(32)33/h2-15,24H,16-19H2,1H3,(H,27,31)/t24-/m1/s1. The number of nitro groups is 1. The Morgan fingerprint density at radius 1 is 0.912 bits per heavy atom. The van der Waals surface area contributed by atoms with Crippen LogP contribution in [0.3, 0.4) is 0 Å². The van der Waals surface area contributed by atoms with Crippen LogP contribution < -0.4 is 5.32 Å². The fraction of sp³-hybridized carbons (Fsp3) is 0.231. The molecule has 3 rings (SSSR count). The Kier molecular flexibility index (Phi) is 9.22. The van der Waals surface area contributed by atoms with E-state index >= 15 is 0 Å². The second kappa shape index (κ2) is 12.6. The monoisotopic (exact) mass is 477 g/mol. The van der Waals surface area contributed by atoms with Crippen LogP contribution in [0, 0.1) is 10.1 Å². The Balaban J connectivity index is 1.75. The van der Waals surface area contributed by atoms with Crippen LogP contribution in [0.25, 0.3) is 0 Å². The average molecular weight is 478 g/mol. The molecule has 0 fully saturated rings. The number of hydrogen-bond donors (Lipinski definition) is 1. The molecule has 0 aliphatic carbocycles. The van der Waals surface area contributed by atoms with Gasteiger partial charge in [0.2, 0.25) is 11.8 Å². The summed E-state index contributed by atoms with van der Waals surface area (Å²) in [7, 11) is 1.58. The van der Waals surface area contributed by atoms with Crippen LogP contribution in [0.15, 0.2) is 84.9 Å². The third-order valence-corrected chi connectivity index (χ3v) is 6.34. The number of nitrogens with one attached hydrogen (secondary N) is 1. The molecule has 0 heterocycles. The molecule has 1 atom stereocenters. The van der Waals surface area contributed by atoms with Gasteiger partial charge >= 0.3 is 0 Å². The Hall–Kier alpha value is -3.65. The first-order chi connectivity index (χ1) is 16.5. The highest BCUT2D eigenvalue weighted by Gasteiger charge is 2.29. The van der Waals surface area contributed by atoms with Gasteiger partial charge in [0.05, 0.1) is 10.7 Å². The summed E-state index contributed by atoms with van der Waals surface area (Å²) in [6, 6.07) is 24.9. The lowest BCUT2D eigenvalue weighted by atomic mass is 10.0. The SMILES string of the molecule is CNC(=O)[C@@H](Cc1ccccc1)N(Cc1ccccc1)C(=O)CSCc1ccc([N+](=O)[O-])cc1. The van der Waals surface area contributed by atoms with E-state index in [1.54, 1.807) is 24.1 Å². The molecule has 34 heavy (non-hydrogen) atoms. The van der Waals surface area contributed by atoms with Crippen molar-refractivity contribution in [2.45, 2.75) is 24.8 Å². The number of carbonyl (C=O) groups is 2. The number of thioether (sulfide) groups is 1. The van der Waals surface area contributed by atoms with Gasteiger partial charge < -0.3 is 10.2 Å². The minimum absolute atomic E-state index is 0.0354. The lowest BCUT2D eigenvalue weighted by Crippen LogP contribution is -2.50. The van der Waals surface area contributed by atoms with Gasteiger partial charge in [-0.2, -0.15) is 0 Å². The summed E-state index contributed by atoms with van der Waals surface area (Å²) >= 11 is 1.42. The van der Waals surface area contributed by atoms with Gasteiger partial charge in [-0.05, 0) is 16.7 Å². The van der Waals surface area contributed by atoms with Crippen molar-refractivity contribution < 1.29 is 14.5 Å². The number of nitro benzene ring substituents is 1. The molecule has 0 aromatic heterocycles. The molecular formula is C26H27N3O4S. The topological polar surface area (TPSA) is 92.6 Å². The summed E-state index contributed by atoms with van der Waals surface area (Å²) in [5.74, 6) is 0.368. The number of hydrogen-bond acceptors (Lipinski definition) is 5. The zero-order valence-electron chi connectivity index (χ0n) is 18.9. The second-order valence-corrected chi connectivity index (χ2v) is 8.73. The van der Waals surface area contributed by atoms with Gasteiger partial charge in [-0.1, -0.05) is 72.8 Å². The summed E-state index contributed by atoms with van der Waals surface area (Å²) in [6.45, 7) is 0.322. The largest absolute Gasteiger partial charge is 0.357 e. The average Bonchev–Trinajstić information content (AvgIpc) is 2.87. The first-order valence-electron chi connectivity index (χ1n) is 10.9. The highest BCUT2D eigenvalue weighted by molar-refractivity contribution is 7.99. The molecule has 0 unspecified atom stereocenters. The molecule has 176 valence electrons. The normalized spacial score (nSPS) is 11.4. The van der Waals surface area contributed by atoms with Crippen LogP contribution in [0.2, 0.25) is 0 Å². The molecule has 0 aliphatic rings. The lowest BCUT2D eigenvalue weighted by Gasteiger charge is -2.31. The van der Waals surface area contributed by atoms with Crippen LogP contribution in [-0.4, -0.2) is 40.5 Å². The molecule has 0 aliphatic heterocycles. The number of amides is 2. The maximum Gasteiger partial charge on any atom is 0.269 e. The zero-order valence-corrected chi connectivity index (χ0v) is 19.7. The number of nitrogens with zero attached hydrogens (tertiary/aromatic N) is 2. The van der Waals surface area contributed by atoms with E-state index < -0.39 is 11.0 Å². The van der Waals surface area contributed by atoms with E-state index in [0.29, 0.717) is 18.7 Å². The van der Waals surface area contributed by atoms with Crippen molar-refractivity contribution in [1.29, 1.82) is 0 Å². The van der Waals surface area contributed by atoms with E-state index in [1.165, 1.54) is 23.9 Å². The van der Waals surface area contributed by atoms with Gasteiger partial charge in [0.1, 0.15) is 6.04 Å². The summed E-state index contributed by atoms with van der Waals surface area (Å²) in [5, 5.41) is 13.5. The van der Waals surface area contributed by atoms with Crippen molar-refractivity contribution in [3.63, 3.8) is 0 Å². The fourth-order valence-corrected chi connectivity index (χ4v) is 4.42. The number of likely N-dealkylation sites (N-methyl/N-ethyl adjacent to an activating group) is 1. The number of carbonyl (C=O) groups excluding carboxylic acids is 2. The number of non-ortho nitro benzene ring substituents is 1. The van der Waals surface area contributed by atoms with E-state index in [0.717, 1.165) is 16.7 Å². The van der Waals surface area contributed by atoms with Crippen molar-refractivity contribution in [2.75, 3.05) is 12.8 Å². The van der Waals surface area contributed by atoms with Crippen molar-refractivity contribution >= 4 is 29.3 Å². The third kappa shape index (κ3) is 7.18. The number of rotatable bonds is 11. The van der Waals surface area contributed by atoms with Crippen molar-refractivity contribution in [2.24, 2.45) is 0 Å². The van der Waals surface area contributed by atoms with Gasteiger partial charge in [0.25, 0.3) is 5.69 Å². The summed E-state index contributed by atoms with van der Waals surface area (Å²) < 4.78 is 0. The Labute approximate surface area is 203 Å². The maximum atomic E-state index is 13.4. The van der Waals surface area contributed by atoms with Gasteiger partial charge in [-0.3, -0.25) is 19.7 Å². The van der Waals surface area contributed by atoms with E-state index in [1.807, 2.05) is 60.7 Å². The van der Waals surface area contributed by atoms with E-state index in [2.05, 4.69) is 5.32 Å². The maximum absolute atomic E-state index is 13.4. The van der Waals surface area contributed by atoms with Crippen molar-refractivity contribution in [3.05, 3.63) is 112 Å². The molecule has 0 saturated carbocycles. The van der Waals surface area contributed by atoms with Crippen LogP contribution in [-0.2, 0) is 28.3 Å². The molecule has 1 N–H and O–H groups in total.